The van der Waals surface area contributed by atoms with Crippen LogP contribution in [0.25, 0.3) is 0 Å². The van der Waals surface area contributed by atoms with Crippen LogP contribution in [0.2, 0.25) is 0 Å². The fourth-order valence-electron chi connectivity index (χ4n) is 1.25. The summed E-state index contributed by atoms with van der Waals surface area (Å²) in [6.07, 6.45) is 2.26. The molecule has 0 aromatic carbocycles. The van der Waals surface area contributed by atoms with Crippen LogP contribution in [0.5, 0.6) is 0 Å². The molecule has 1 N–H and O–H groups in total. The summed E-state index contributed by atoms with van der Waals surface area (Å²) in [4.78, 5) is 26.9. The zero-order valence-electron chi connectivity index (χ0n) is 10.9. The third kappa shape index (κ3) is 5.43. The van der Waals surface area contributed by atoms with Gasteiger partial charge in [0.25, 0.3) is 0 Å². The third-order valence-electron chi connectivity index (χ3n) is 1.98. The molecule has 0 saturated heterocycles. The molecule has 0 saturated carbocycles. The lowest BCUT2D eigenvalue weighted by Gasteiger charge is -2.18. The van der Waals surface area contributed by atoms with E-state index in [-0.39, 0.29) is 0 Å². The van der Waals surface area contributed by atoms with Gasteiger partial charge in [-0.1, -0.05) is 6.07 Å². The largest absolute Gasteiger partial charge is 0.453 e. The fourth-order valence-corrected chi connectivity index (χ4v) is 1.25. The Labute approximate surface area is 107 Å². The van der Waals surface area contributed by atoms with Crippen LogP contribution in [0.1, 0.15) is 26.5 Å². The van der Waals surface area contributed by atoms with Crippen molar-refractivity contribution in [1.82, 2.24) is 10.3 Å². The lowest BCUT2D eigenvalue weighted by Crippen LogP contribution is -2.37. The molecular weight excluding hydrogens is 232 g/mol. The number of carbonyl (C=O) groups excluding carboxylic acids is 2. The third-order valence-corrected chi connectivity index (χ3v) is 1.98. The molecule has 0 aliphatic rings. The Hall–Kier alpha value is -1.91. The number of rotatable bonds is 3. The van der Waals surface area contributed by atoms with Crippen molar-refractivity contribution in [3.05, 3.63) is 30.1 Å². The van der Waals surface area contributed by atoms with Gasteiger partial charge < -0.3 is 10.1 Å². The van der Waals surface area contributed by atoms with E-state index in [2.05, 4.69) is 10.3 Å². The average molecular weight is 250 g/mol. The van der Waals surface area contributed by atoms with E-state index >= 15 is 0 Å². The number of esters is 1. The van der Waals surface area contributed by atoms with Crippen LogP contribution in [0.3, 0.4) is 0 Å². The van der Waals surface area contributed by atoms with E-state index in [4.69, 9.17) is 4.74 Å². The SMILES string of the molecule is CC(C)(C)OC(=O)C(=O)NCCc1ccccn1. The Morgan fingerprint density at radius 3 is 2.61 bits per heavy atom. The van der Waals surface area contributed by atoms with Crippen LogP contribution < -0.4 is 5.32 Å². The number of hydrogen-bond acceptors (Lipinski definition) is 4. The predicted octanol–water partition coefficient (Wildman–Crippen LogP) is 1.08. The van der Waals surface area contributed by atoms with E-state index < -0.39 is 17.5 Å². The van der Waals surface area contributed by atoms with E-state index in [1.165, 1.54) is 0 Å². The number of nitrogens with zero attached hydrogens (tertiary/aromatic N) is 1. The van der Waals surface area contributed by atoms with Crippen molar-refractivity contribution in [2.45, 2.75) is 32.8 Å². The van der Waals surface area contributed by atoms with Crippen LogP contribution in [-0.2, 0) is 20.7 Å². The number of pyridine rings is 1. The molecule has 0 aliphatic carbocycles. The molecule has 1 aromatic rings. The molecule has 18 heavy (non-hydrogen) atoms. The summed E-state index contributed by atoms with van der Waals surface area (Å²) >= 11 is 0. The van der Waals surface area contributed by atoms with Gasteiger partial charge in [0.1, 0.15) is 5.60 Å². The molecule has 0 radical (unpaired) electrons. The zero-order chi connectivity index (χ0) is 13.6. The van der Waals surface area contributed by atoms with Gasteiger partial charge in [0.15, 0.2) is 0 Å². The van der Waals surface area contributed by atoms with Crippen LogP contribution in [0.15, 0.2) is 24.4 Å². The lowest BCUT2D eigenvalue weighted by molar-refractivity contribution is -0.163. The van der Waals surface area contributed by atoms with Gasteiger partial charge in [-0.2, -0.15) is 0 Å². The molecule has 1 heterocycles. The van der Waals surface area contributed by atoms with E-state index in [0.717, 1.165) is 5.69 Å². The molecule has 1 rings (SSSR count). The van der Waals surface area contributed by atoms with Gasteiger partial charge in [-0.3, -0.25) is 9.78 Å². The first-order chi connectivity index (χ1) is 8.38. The standard InChI is InChI=1S/C13H18N2O3/c1-13(2,3)18-12(17)11(16)15-9-7-10-6-4-5-8-14-10/h4-6,8H,7,9H2,1-3H3,(H,15,16). The predicted molar refractivity (Wildman–Crippen MR) is 66.8 cm³/mol. The molecule has 0 atom stereocenters. The van der Waals surface area contributed by atoms with Crippen molar-refractivity contribution >= 4 is 11.9 Å². The Morgan fingerprint density at radius 2 is 2.06 bits per heavy atom. The Morgan fingerprint density at radius 1 is 1.33 bits per heavy atom. The highest BCUT2D eigenvalue weighted by Gasteiger charge is 2.22. The van der Waals surface area contributed by atoms with Crippen LogP contribution in [0, 0.1) is 0 Å². The van der Waals surface area contributed by atoms with Gasteiger partial charge in [0, 0.05) is 24.9 Å². The molecular formula is C13H18N2O3. The van der Waals surface area contributed by atoms with Crippen molar-refractivity contribution in [2.24, 2.45) is 0 Å². The molecule has 1 aromatic heterocycles. The first kappa shape index (κ1) is 14.2. The maximum absolute atomic E-state index is 11.4. The van der Waals surface area contributed by atoms with E-state index in [1.807, 2.05) is 18.2 Å². The summed E-state index contributed by atoms with van der Waals surface area (Å²) in [6.45, 7) is 5.50. The summed E-state index contributed by atoms with van der Waals surface area (Å²) in [7, 11) is 0. The quantitative estimate of drug-likeness (QED) is 0.644. The molecule has 5 heteroatoms. The minimum atomic E-state index is -0.858. The van der Waals surface area contributed by atoms with Gasteiger partial charge in [0.05, 0.1) is 0 Å². The number of ether oxygens (including phenoxy) is 1. The number of carbonyl (C=O) groups is 2. The highest BCUT2D eigenvalue weighted by Crippen LogP contribution is 2.06. The summed E-state index contributed by atoms with van der Waals surface area (Å²) in [5, 5.41) is 2.50. The number of aromatic nitrogens is 1. The second-order valence-corrected chi connectivity index (χ2v) is 4.83. The summed E-state index contributed by atoms with van der Waals surface area (Å²) in [6, 6.07) is 5.56. The Bertz CT molecular complexity index is 410. The highest BCUT2D eigenvalue weighted by atomic mass is 16.6. The molecule has 98 valence electrons. The number of hydrogen-bond donors (Lipinski definition) is 1. The van der Waals surface area contributed by atoms with Crippen LogP contribution >= 0.6 is 0 Å². The highest BCUT2D eigenvalue weighted by molar-refractivity contribution is 6.32. The van der Waals surface area contributed by atoms with Gasteiger partial charge >= 0.3 is 11.9 Å². The van der Waals surface area contributed by atoms with Gasteiger partial charge in [-0.05, 0) is 32.9 Å². The minimum Gasteiger partial charge on any atom is -0.453 e. The second kappa shape index (κ2) is 6.14. The first-order valence-electron chi connectivity index (χ1n) is 5.79. The van der Waals surface area contributed by atoms with E-state index in [9.17, 15) is 9.59 Å². The van der Waals surface area contributed by atoms with Gasteiger partial charge in [-0.25, -0.2) is 4.79 Å². The smallest absolute Gasteiger partial charge is 0.397 e. The molecule has 1 amide bonds. The van der Waals surface area contributed by atoms with Crippen molar-refractivity contribution in [3.63, 3.8) is 0 Å². The second-order valence-electron chi connectivity index (χ2n) is 4.83. The summed E-state index contributed by atoms with van der Waals surface area (Å²) < 4.78 is 4.94. The van der Waals surface area contributed by atoms with Gasteiger partial charge in [0.2, 0.25) is 0 Å². The van der Waals surface area contributed by atoms with E-state index in [0.29, 0.717) is 13.0 Å². The topological polar surface area (TPSA) is 68.3 Å². The molecule has 0 bridgehead atoms. The monoisotopic (exact) mass is 250 g/mol. The van der Waals surface area contributed by atoms with E-state index in [1.54, 1.807) is 27.0 Å². The lowest BCUT2D eigenvalue weighted by atomic mass is 10.2. The molecule has 0 aliphatic heterocycles. The number of nitrogens with one attached hydrogen (secondary N) is 1. The van der Waals surface area contributed by atoms with Gasteiger partial charge in [-0.15, -0.1) is 0 Å². The maximum Gasteiger partial charge on any atom is 0.397 e. The summed E-state index contributed by atoms with van der Waals surface area (Å²) in [5.74, 6) is -1.58. The van der Waals surface area contributed by atoms with Crippen molar-refractivity contribution in [1.29, 1.82) is 0 Å². The maximum atomic E-state index is 11.4. The van der Waals surface area contributed by atoms with Crippen LogP contribution in [-0.4, -0.2) is 29.0 Å². The first-order valence-corrected chi connectivity index (χ1v) is 5.79. The van der Waals surface area contributed by atoms with Crippen molar-refractivity contribution in [2.75, 3.05) is 6.54 Å². The normalized spacial score (nSPS) is 10.8. The molecule has 0 spiro atoms. The molecule has 5 nitrogen and oxygen atoms in total. The zero-order valence-corrected chi connectivity index (χ0v) is 10.9. The number of amides is 1. The molecule has 0 unspecified atom stereocenters. The Kier molecular flexibility index (Phi) is 4.83. The Balaban J connectivity index is 2.31. The van der Waals surface area contributed by atoms with Crippen molar-refractivity contribution in [3.8, 4) is 0 Å². The average Bonchev–Trinajstić information content (AvgIpc) is 2.28. The summed E-state index contributed by atoms with van der Waals surface area (Å²) in [5.41, 5.74) is 0.206. The van der Waals surface area contributed by atoms with Crippen molar-refractivity contribution < 1.29 is 14.3 Å². The fraction of sp³-hybridized carbons (Fsp3) is 0.462. The van der Waals surface area contributed by atoms with Crippen LogP contribution in [0.4, 0.5) is 0 Å². The molecule has 0 fully saturated rings. The minimum absolute atomic E-state index is 0.356.